The molecule has 5 nitrogen and oxygen atoms in total. The molecule has 1 aliphatic rings. The number of rotatable bonds is 5. The van der Waals surface area contributed by atoms with Crippen LogP contribution in [0.5, 0.6) is 0 Å². The first-order valence-corrected chi connectivity index (χ1v) is 6.09. The molecule has 17 heavy (non-hydrogen) atoms. The Morgan fingerprint density at radius 3 is 2.59 bits per heavy atom. The van der Waals surface area contributed by atoms with Crippen molar-refractivity contribution in [2.75, 3.05) is 17.2 Å². The van der Waals surface area contributed by atoms with Gasteiger partial charge in [-0.15, -0.1) is 0 Å². The molecule has 2 rings (SSSR count). The van der Waals surface area contributed by atoms with E-state index >= 15 is 0 Å². The molecule has 0 atom stereocenters. The van der Waals surface area contributed by atoms with E-state index in [1.54, 1.807) is 0 Å². The van der Waals surface area contributed by atoms with Crippen molar-refractivity contribution in [3.63, 3.8) is 0 Å². The van der Waals surface area contributed by atoms with Gasteiger partial charge in [0.05, 0.1) is 0 Å². The van der Waals surface area contributed by atoms with E-state index in [9.17, 15) is 0 Å². The number of aryl methyl sites for hydroxylation is 1. The SMILES string of the molecule is Cc1nc(NC2CC2)cc(NC(C)(C)CN)n1. The van der Waals surface area contributed by atoms with E-state index in [0.717, 1.165) is 17.5 Å². The van der Waals surface area contributed by atoms with E-state index in [4.69, 9.17) is 5.73 Å². The fourth-order valence-corrected chi connectivity index (χ4v) is 1.54. The minimum absolute atomic E-state index is 0.155. The molecular formula is C12H21N5. The van der Waals surface area contributed by atoms with Crippen LogP contribution in [0.4, 0.5) is 11.6 Å². The lowest BCUT2D eigenvalue weighted by Crippen LogP contribution is -2.39. The van der Waals surface area contributed by atoms with Gasteiger partial charge in [-0.2, -0.15) is 0 Å². The van der Waals surface area contributed by atoms with Crippen LogP contribution in [0.2, 0.25) is 0 Å². The first kappa shape index (κ1) is 12.1. The molecule has 0 unspecified atom stereocenters. The number of hydrogen-bond donors (Lipinski definition) is 3. The highest BCUT2D eigenvalue weighted by Gasteiger charge is 2.22. The van der Waals surface area contributed by atoms with Gasteiger partial charge in [0.15, 0.2) is 0 Å². The van der Waals surface area contributed by atoms with E-state index in [1.807, 2.05) is 13.0 Å². The first-order chi connectivity index (χ1) is 7.98. The van der Waals surface area contributed by atoms with E-state index < -0.39 is 0 Å². The fraction of sp³-hybridized carbons (Fsp3) is 0.667. The van der Waals surface area contributed by atoms with Crippen molar-refractivity contribution in [1.29, 1.82) is 0 Å². The molecule has 1 saturated carbocycles. The summed E-state index contributed by atoms with van der Waals surface area (Å²) in [5, 5.41) is 6.71. The Kier molecular flexibility index (Phi) is 3.19. The van der Waals surface area contributed by atoms with Crippen LogP contribution < -0.4 is 16.4 Å². The molecule has 0 spiro atoms. The molecule has 5 heteroatoms. The van der Waals surface area contributed by atoms with Crippen molar-refractivity contribution in [2.24, 2.45) is 5.73 Å². The van der Waals surface area contributed by atoms with Gasteiger partial charge in [-0.3, -0.25) is 0 Å². The van der Waals surface area contributed by atoms with Gasteiger partial charge in [0.25, 0.3) is 0 Å². The van der Waals surface area contributed by atoms with Gasteiger partial charge < -0.3 is 16.4 Å². The molecule has 1 fully saturated rings. The highest BCUT2D eigenvalue weighted by atomic mass is 15.1. The van der Waals surface area contributed by atoms with Crippen LogP contribution in [-0.2, 0) is 0 Å². The van der Waals surface area contributed by atoms with Crippen molar-refractivity contribution in [1.82, 2.24) is 9.97 Å². The summed E-state index contributed by atoms with van der Waals surface area (Å²) >= 11 is 0. The van der Waals surface area contributed by atoms with E-state index in [1.165, 1.54) is 12.8 Å². The lowest BCUT2D eigenvalue weighted by Gasteiger charge is -2.25. The molecular weight excluding hydrogens is 214 g/mol. The molecule has 1 aromatic heterocycles. The van der Waals surface area contributed by atoms with Gasteiger partial charge in [-0.1, -0.05) is 0 Å². The highest BCUT2D eigenvalue weighted by molar-refractivity contribution is 5.49. The lowest BCUT2D eigenvalue weighted by molar-refractivity contribution is 0.577. The quantitative estimate of drug-likeness (QED) is 0.721. The Hall–Kier alpha value is -1.36. The van der Waals surface area contributed by atoms with Crippen molar-refractivity contribution < 1.29 is 0 Å². The molecule has 1 aliphatic carbocycles. The van der Waals surface area contributed by atoms with Gasteiger partial charge in [0.2, 0.25) is 0 Å². The number of aromatic nitrogens is 2. The van der Waals surface area contributed by atoms with Crippen LogP contribution in [0.3, 0.4) is 0 Å². The Bertz CT molecular complexity index is 398. The summed E-state index contributed by atoms with van der Waals surface area (Å²) in [6.45, 7) is 6.57. The Labute approximate surface area is 102 Å². The van der Waals surface area contributed by atoms with Gasteiger partial charge in [-0.25, -0.2) is 9.97 Å². The van der Waals surface area contributed by atoms with Crippen molar-refractivity contribution >= 4 is 11.6 Å². The second-order valence-corrected chi connectivity index (χ2v) is 5.32. The molecule has 0 aliphatic heterocycles. The summed E-state index contributed by atoms with van der Waals surface area (Å²) in [6, 6.07) is 2.54. The molecule has 0 bridgehead atoms. The number of nitrogens with two attached hydrogens (primary N) is 1. The smallest absolute Gasteiger partial charge is 0.132 e. The molecule has 1 aromatic rings. The second kappa shape index (κ2) is 4.49. The number of nitrogens with zero attached hydrogens (tertiary/aromatic N) is 2. The van der Waals surface area contributed by atoms with Gasteiger partial charge in [-0.05, 0) is 33.6 Å². The minimum atomic E-state index is -0.155. The highest BCUT2D eigenvalue weighted by Crippen LogP contribution is 2.25. The normalized spacial score (nSPS) is 15.8. The van der Waals surface area contributed by atoms with Crippen molar-refractivity contribution in [2.45, 2.75) is 45.2 Å². The third kappa shape index (κ3) is 3.56. The second-order valence-electron chi connectivity index (χ2n) is 5.32. The van der Waals surface area contributed by atoms with E-state index in [-0.39, 0.29) is 5.54 Å². The maximum Gasteiger partial charge on any atom is 0.132 e. The van der Waals surface area contributed by atoms with Gasteiger partial charge in [0, 0.05) is 24.2 Å². The Balaban J connectivity index is 2.12. The molecule has 1 heterocycles. The van der Waals surface area contributed by atoms with E-state index in [0.29, 0.717) is 12.6 Å². The Morgan fingerprint density at radius 2 is 2.00 bits per heavy atom. The molecule has 94 valence electrons. The molecule has 0 saturated heterocycles. The monoisotopic (exact) mass is 235 g/mol. The molecule has 0 amide bonds. The van der Waals surface area contributed by atoms with Crippen LogP contribution in [-0.4, -0.2) is 28.1 Å². The summed E-state index contributed by atoms with van der Waals surface area (Å²) in [4.78, 5) is 8.75. The van der Waals surface area contributed by atoms with Crippen molar-refractivity contribution in [3.8, 4) is 0 Å². The molecule has 4 N–H and O–H groups in total. The summed E-state index contributed by atoms with van der Waals surface area (Å²) in [6.07, 6.45) is 2.47. The molecule has 0 radical (unpaired) electrons. The topological polar surface area (TPSA) is 75.9 Å². The van der Waals surface area contributed by atoms with Crippen LogP contribution in [0.15, 0.2) is 6.07 Å². The summed E-state index contributed by atoms with van der Waals surface area (Å²) in [5.74, 6) is 2.50. The third-order valence-electron chi connectivity index (χ3n) is 2.74. The van der Waals surface area contributed by atoms with Crippen LogP contribution >= 0.6 is 0 Å². The zero-order chi connectivity index (χ0) is 12.5. The maximum absolute atomic E-state index is 5.70. The summed E-state index contributed by atoms with van der Waals surface area (Å²) < 4.78 is 0. The fourth-order valence-electron chi connectivity index (χ4n) is 1.54. The third-order valence-corrected chi connectivity index (χ3v) is 2.74. The minimum Gasteiger partial charge on any atom is -0.367 e. The predicted octanol–water partition coefficient (Wildman–Crippen LogP) is 1.51. The number of hydrogen-bond acceptors (Lipinski definition) is 5. The zero-order valence-corrected chi connectivity index (χ0v) is 10.7. The van der Waals surface area contributed by atoms with Crippen LogP contribution in [0, 0.1) is 6.92 Å². The largest absolute Gasteiger partial charge is 0.367 e. The average Bonchev–Trinajstić information content (AvgIpc) is 3.00. The van der Waals surface area contributed by atoms with Crippen molar-refractivity contribution in [3.05, 3.63) is 11.9 Å². The standard InChI is InChI=1S/C12H21N5/c1-8-14-10(16-9-4-5-9)6-11(15-8)17-12(2,3)7-13/h6,9H,4-5,7,13H2,1-3H3,(H2,14,15,16,17). The maximum atomic E-state index is 5.70. The van der Waals surface area contributed by atoms with E-state index in [2.05, 4.69) is 34.4 Å². The average molecular weight is 235 g/mol. The summed E-state index contributed by atoms with van der Waals surface area (Å²) in [7, 11) is 0. The molecule has 0 aromatic carbocycles. The first-order valence-electron chi connectivity index (χ1n) is 6.09. The Morgan fingerprint density at radius 1 is 1.35 bits per heavy atom. The van der Waals surface area contributed by atoms with Crippen LogP contribution in [0.25, 0.3) is 0 Å². The number of anilines is 2. The number of nitrogens with one attached hydrogen (secondary N) is 2. The predicted molar refractivity (Wildman–Crippen MR) is 70.2 cm³/mol. The zero-order valence-electron chi connectivity index (χ0n) is 10.7. The lowest BCUT2D eigenvalue weighted by atomic mass is 10.1. The van der Waals surface area contributed by atoms with Crippen LogP contribution in [0.1, 0.15) is 32.5 Å². The van der Waals surface area contributed by atoms with Gasteiger partial charge >= 0.3 is 0 Å². The van der Waals surface area contributed by atoms with Gasteiger partial charge in [0.1, 0.15) is 17.5 Å². The summed E-state index contributed by atoms with van der Waals surface area (Å²) in [5.41, 5.74) is 5.54.